The van der Waals surface area contributed by atoms with E-state index >= 15 is 0 Å². The van der Waals surface area contributed by atoms with Gasteiger partial charge in [0, 0.05) is 53.7 Å². The summed E-state index contributed by atoms with van der Waals surface area (Å²) in [5, 5.41) is 0.809. The molecule has 0 amide bonds. The SMILES string of the molecule is Cn1cc(-c2cn(CS(C)=O)c(=O)cc2OCC2CC2)c2ccc(F)cc2c1=O.O. The van der Waals surface area contributed by atoms with Crippen LogP contribution in [-0.2, 0) is 23.7 Å². The topological polar surface area (TPSA) is 102 Å². The molecule has 1 aliphatic rings. The Bertz CT molecular complexity index is 1250. The smallest absolute Gasteiger partial charge is 0.258 e. The second-order valence-corrected chi connectivity index (χ2v) is 8.87. The molecule has 160 valence electrons. The molecule has 0 aliphatic heterocycles. The molecule has 1 atom stereocenters. The Labute approximate surface area is 174 Å². The standard InChI is InChI=1S/C21H21FN2O4S.H2O/c1-23-9-17(15-6-5-14(22)7-16(15)21(23)26)18-10-24(12-29(2)27)20(25)8-19(18)28-11-13-3-4-13;/h5-10,13H,3-4,11-12H2,1-2H3;1H2. The Balaban J connectivity index is 0.00000256. The number of halogens is 1. The first-order valence-corrected chi connectivity index (χ1v) is 11.0. The number of fused-ring (bicyclic) bond motifs is 1. The average molecular weight is 434 g/mol. The number of ether oxygens (including phenoxy) is 1. The maximum absolute atomic E-state index is 13.8. The molecule has 2 aromatic heterocycles. The van der Waals surface area contributed by atoms with E-state index in [4.69, 9.17) is 4.74 Å². The number of hydrogen-bond acceptors (Lipinski definition) is 4. The highest BCUT2D eigenvalue weighted by atomic mass is 32.2. The predicted molar refractivity (Wildman–Crippen MR) is 115 cm³/mol. The minimum absolute atomic E-state index is 0. The van der Waals surface area contributed by atoms with E-state index < -0.39 is 16.6 Å². The first kappa shape index (κ1) is 21.9. The van der Waals surface area contributed by atoms with Crippen LogP contribution in [0.25, 0.3) is 21.9 Å². The predicted octanol–water partition coefficient (Wildman–Crippen LogP) is 1.81. The highest BCUT2D eigenvalue weighted by Gasteiger charge is 2.23. The van der Waals surface area contributed by atoms with Crippen molar-refractivity contribution >= 4 is 21.6 Å². The maximum Gasteiger partial charge on any atom is 0.258 e. The molecular weight excluding hydrogens is 411 g/mol. The van der Waals surface area contributed by atoms with Crippen LogP contribution < -0.4 is 15.9 Å². The zero-order valence-electron chi connectivity index (χ0n) is 16.7. The lowest BCUT2D eigenvalue weighted by atomic mass is 10.0. The van der Waals surface area contributed by atoms with Crippen molar-refractivity contribution in [1.82, 2.24) is 9.13 Å². The van der Waals surface area contributed by atoms with Gasteiger partial charge in [-0.3, -0.25) is 13.8 Å². The molecule has 30 heavy (non-hydrogen) atoms. The van der Waals surface area contributed by atoms with E-state index in [1.807, 2.05) is 0 Å². The summed E-state index contributed by atoms with van der Waals surface area (Å²) in [7, 11) is 0.375. The zero-order chi connectivity index (χ0) is 20.7. The van der Waals surface area contributed by atoms with Crippen LogP contribution in [-0.4, -0.2) is 31.7 Å². The molecule has 0 spiro atoms. The van der Waals surface area contributed by atoms with Crippen molar-refractivity contribution in [1.29, 1.82) is 0 Å². The molecule has 2 heterocycles. The van der Waals surface area contributed by atoms with Gasteiger partial charge in [-0.1, -0.05) is 6.07 Å². The van der Waals surface area contributed by atoms with E-state index in [2.05, 4.69) is 0 Å². The van der Waals surface area contributed by atoms with E-state index in [9.17, 15) is 18.2 Å². The fourth-order valence-electron chi connectivity index (χ4n) is 3.32. The van der Waals surface area contributed by atoms with E-state index in [1.165, 1.54) is 33.6 Å². The van der Waals surface area contributed by atoms with Crippen LogP contribution in [0.5, 0.6) is 5.75 Å². The van der Waals surface area contributed by atoms with Gasteiger partial charge in [-0.2, -0.15) is 0 Å². The number of aromatic nitrogens is 2. The van der Waals surface area contributed by atoms with Crippen molar-refractivity contribution in [3.05, 3.63) is 63.2 Å². The number of rotatable bonds is 6. The third-order valence-corrected chi connectivity index (χ3v) is 5.66. The summed E-state index contributed by atoms with van der Waals surface area (Å²) in [4.78, 5) is 25.0. The molecule has 1 fully saturated rings. The fourth-order valence-corrected chi connectivity index (χ4v) is 3.91. The van der Waals surface area contributed by atoms with Crippen molar-refractivity contribution in [3.8, 4) is 16.9 Å². The van der Waals surface area contributed by atoms with E-state index in [-0.39, 0.29) is 27.9 Å². The van der Waals surface area contributed by atoms with Gasteiger partial charge in [0.25, 0.3) is 11.1 Å². The normalized spacial score (nSPS) is 14.4. The third-order valence-electron chi connectivity index (χ3n) is 5.02. The van der Waals surface area contributed by atoms with E-state index in [0.717, 1.165) is 12.8 Å². The maximum atomic E-state index is 13.8. The van der Waals surface area contributed by atoms with Crippen LogP contribution >= 0.6 is 0 Å². The number of pyridine rings is 2. The van der Waals surface area contributed by atoms with Gasteiger partial charge in [0.2, 0.25) is 0 Å². The Kier molecular flexibility index (Phi) is 6.23. The van der Waals surface area contributed by atoms with Crippen molar-refractivity contribution in [2.24, 2.45) is 13.0 Å². The van der Waals surface area contributed by atoms with Crippen LogP contribution in [0, 0.1) is 11.7 Å². The van der Waals surface area contributed by atoms with Crippen LogP contribution in [0.4, 0.5) is 4.39 Å². The molecule has 4 rings (SSSR count). The summed E-state index contributed by atoms with van der Waals surface area (Å²) < 4.78 is 34.2. The lowest BCUT2D eigenvalue weighted by molar-refractivity contribution is 0.300. The van der Waals surface area contributed by atoms with Crippen molar-refractivity contribution < 1.29 is 18.8 Å². The van der Waals surface area contributed by atoms with E-state index in [0.29, 0.717) is 34.8 Å². The molecule has 9 heteroatoms. The summed E-state index contributed by atoms with van der Waals surface area (Å²) in [5.41, 5.74) is 0.619. The van der Waals surface area contributed by atoms with Gasteiger partial charge in [0.15, 0.2) is 0 Å². The zero-order valence-corrected chi connectivity index (χ0v) is 17.5. The Hall–Kier alpha value is -2.78. The molecule has 1 aromatic carbocycles. The first-order chi connectivity index (χ1) is 13.8. The summed E-state index contributed by atoms with van der Waals surface area (Å²) in [6.45, 7) is 0.508. The quantitative estimate of drug-likeness (QED) is 0.590. The highest BCUT2D eigenvalue weighted by molar-refractivity contribution is 7.83. The molecule has 3 aromatic rings. The Morgan fingerprint density at radius 1 is 1.13 bits per heavy atom. The monoisotopic (exact) mass is 434 g/mol. The van der Waals surface area contributed by atoms with Crippen LogP contribution in [0.1, 0.15) is 12.8 Å². The Morgan fingerprint density at radius 3 is 2.53 bits per heavy atom. The highest BCUT2D eigenvalue weighted by Crippen LogP contribution is 2.35. The number of hydrogen-bond donors (Lipinski definition) is 0. The van der Waals surface area contributed by atoms with Gasteiger partial charge >= 0.3 is 0 Å². The number of aryl methyl sites for hydroxylation is 1. The molecule has 0 radical (unpaired) electrons. The average Bonchev–Trinajstić information content (AvgIpc) is 3.49. The lowest BCUT2D eigenvalue weighted by Gasteiger charge is -2.16. The summed E-state index contributed by atoms with van der Waals surface area (Å²) in [6, 6.07) is 5.46. The fraction of sp³-hybridized carbons (Fsp3) is 0.333. The molecule has 1 unspecified atom stereocenters. The molecule has 0 bridgehead atoms. The largest absolute Gasteiger partial charge is 0.492 e. The van der Waals surface area contributed by atoms with Crippen LogP contribution in [0.2, 0.25) is 0 Å². The van der Waals surface area contributed by atoms with E-state index in [1.54, 1.807) is 25.5 Å². The van der Waals surface area contributed by atoms with Crippen molar-refractivity contribution in [2.75, 3.05) is 12.9 Å². The van der Waals surface area contributed by atoms with Crippen molar-refractivity contribution in [3.63, 3.8) is 0 Å². The van der Waals surface area contributed by atoms with Gasteiger partial charge in [0.1, 0.15) is 17.4 Å². The van der Waals surface area contributed by atoms with Gasteiger partial charge in [-0.25, -0.2) is 4.39 Å². The minimum atomic E-state index is -1.22. The second-order valence-electron chi connectivity index (χ2n) is 7.46. The number of benzene rings is 1. The van der Waals surface area contributed by atoms with Gasteiger partial charge < -0.3 is 19.3 Å². The van der Waals surface area contributed by atoms with Crippen LogP contribution in [0.15, 0.2) is 46.2 Å². The molecular formula is C21H23FN2O5S. The summed E-state index contributed by atoms with van der Waals surface area (Å²) in [5.74, 6) is 0.444. The third kappa shape index (κ3) is 4.36. The molecule has 2 N–H and O–H groups in total. The lowest BCUT2D eigenvalue weighted by Crippen LogP contribution is -2.22. The minimum Gasteiger partial charge on any atom is -0.492 e. The van der Waals surface area contributed by atoms with Gasteiger partial charge in [-0.15, -0.1) is 0 Å². The summed E-state index contributed by atoms with van der Waals surface area (Å²) in [6.07, 6.45) is 6.98. The Morgan fingerprint density at radius 2 is 1.87 bits per heavy atom. The van der Waals surface area contributed by atoms with Gasteiger partial charge in [0.05, 0.1) is 12.0 Å². The van der Waals surface area contributed by atoms with Crippen LogP contribution in [0.3, 0.4) is 0 Å². The molecule has 1 saturated carbocycles. The van der Waals surface area contributed by atoms with Gasteiger partial charge in [-0.05, 0) is 36.3 Å². The van der Waals surface area contributed by atoms with Crippen molar-refractivity contribution in [2.45, 2.75) is 18.7 Å². The molecule has 7 nitrogen and oxygen atoms in total. The summed E-state index contributed by atoms with van der Waals surface area (Å²) >= 11 is 0. The molecule has 1 aliphatic carbocycles. The second kappa shape index (κ2) is 8.53. The number of nitrogens with zero attached hydrogens (tertiary/aromatic N) is 2. The first-order valence-electron chi connectivity index (χ1n) is 9.30. The molecule has 0 saturated heterocycles.